The van der Waals surface area contributed by atoms with Crippen LogP contribution in [0.15, 0.2) is 36.7 Å². The van der Waals surface area contributed by atoms with Gasteiger partial charge in [-0.25, -0.2) is 15.0 Å². The number of nitrogens with one attached hydrogen (secondary N) is 3. The van der Waals surface area contributed by atoms with Gasteiger partial charge >= 0.3 is 12.4 Å². The first-order valence-electron chi connectivity index (χ1n) is 15.6. The standard InChI is InChI=1S/C16H15ClF3N5O2.C10H11ClN2O2.C6H5ClF3N3/c1-21-13-9(16(18,19)20)7-22-15(24-13)23-11-6-12-8(5-10(11)17)14(26)25(2)3-4-27-12;1-13-2-3-15-9-5-8(12)7(11)4-6(9)10(13)14;1-11-4-3(6(8,9)10)2-12-5(7)13-4/h5-7H,3-4H2,1-2H3,(H2,21,22,23,24);4-5H,2-3,12H2,1H3;2H,1H3,(H,11,12,13). The number of carbonyl (C=O) groups is 2. The molecule has 0 saturated carbocycles. The highest BCUT2D eigenvalue weighted by Crippen LogP contribution is 2.37. The molecule has 296 valence electrons. The molecule has 14 nitrogen and oxygen atoms in total. The summed E-state index contributed by atoms with van der Waals surface area (Å²) in [6, 6.07) is 6.08. The van der Waals surface area contributed by atoms with Gasteiger partial charge in [0.15, 0.2) is 0 Å². The van der Waals surface area contributed by atoms with Crippen LogP contribution >= 0.6 is 34.8 Å². The van der Waals surface area contributed by atoms with Gasteiger partial charge < -0.3 is 41.0 Å². The van der Waals surface area contributed by atoms with Crippen LogP contribution < -0.4 is 31.2 Å². The van der Waals surface area contributed by atoms with Gasteiger partial charge in [0.05, 0.1) is 45.6 Å². The van der Waals surface area contributed by atoms with Gasteiger partial charge in [0.1, 0.15) is 47.5 Å². The lowest BCUT2D eigenvalue weighted by Crippen LogP contribution is -2.27. The maximum Gasteiger partial charge on any atom is 0.421 e. The van der Waals surface area contributed by atoms with E-state index in [0.717, 1.165) is 0 Å². The molecule has 4 heterocycles. The normalized spacial score (nSPS) is 14.0. The van der Waals surface area contributed by atoms with Gasteiger partial charge in [-0.3, -0.25) is 9.59 Å². The number of aromatic nitrogens is 4. The van der Waals surface area contributed by atoms with Gasteiger partial charge in [-0.1, -0.05) is 23.2 Å². The summed E-state index contributed by atoms with van der Waals surface area (Å²) in [6.45, 7) is 1.75. The van der Waals surface area contributed by atoms with Crippen LogP contribution in [0.4, 0.5) is 55.3 Å². The van der Waals surface area contributed by atoms with Gasteiger partial charge in [-0.2, -0.15) is 31.3 Å². The third-order valence-corrected chi connectivity index (χ3v) is 8.39. The molecule has 23 heteroatoms. The molecule has 2 aliphatic rings. The number of rotatable bonds is 4. The first-order chi connectivity index (χ1) is 25.7. The van der Waals surface area contributed by atoms with Crippen LogP contribution in [0.2, 0.25) is 15.3 Å². The Hall–Kier alpha value is -5.21. The van der Waals surface area contributed by atoms with Crippen molar-refractivity contribution in [2.75, 3.05) is 76.2 Å². The summed E-state index contributed by atoms with van der Waals surface area (Å²) >= 11 is 17.4. The van der Waals surface area contributed by atoms with E-state index >= 15 is 0 Å². The molecule has 0 fully saturated rings. The Bertz CT molecular complexity index is 2060. The van der Waals surface area contributed by atoms with Gasteiger partial charge in [0.2, 0.25) is 11.2 Å². The van der Waals surface area contributed by atoms with Crippen molar-refractivity contribution in [3.05, 3.63) is 74.2 Å². The number of amides is 2. The van der Waals surface area contributed by atoms with Gasteiger partial charge in [-0.15, -0.1) is 0 Å². The SMILES string of the molecule is CN1CCOc2cc(N)c(Cl)cc2C1=O.CNc1nc(Cl)ncc1C(F)(F)F.CNc1nc(Nc2cc3c(cc2Cl)C(=O)N(C)CCO3)ncc1C(F)(F)F. The summed E-state index contributed by atoms with van der Waals surface area (Å²) in [6.07, 6.45) is -7.74. The number of hydrogen-bond acceptors (Lipinski definition) is 12. The molecule has 0 saturated heterocycles. The lowest BCUT2D eigenvalue weighted by Gasteiger charge is -2.15. The van der Waals surface area contributed by atoms with E-state index in [1.807, 2.05) is 0 Å². The number of benzene rings is 2. The van der Waals surface area contributed by atoms with E-state index in [1.165, 1.54) is 31.1 Å². The molecule has 0 atom stereocenters. The highest BCUT2D eigenvalue weighted by molar-refractivity contribution is 6.34. The predicted octanol–water partition coefficient (Wildman–Crippen LogP) is 6.98. The van der Waals surface area contributed by atoms with E-state index in [1.54, 1.807) is 31.1 Å². The zero-order valence-corrected chi connectivity index (χ0v) is 31.4. The lowest BCUT2D eigenvalue weighted by atomic mass is 10.1. The molecule has 2 aromatic heterocycles. The number of ether oxygens (including phenoxy) is 2. The van der Waals surface area contributed by atoms with E-state index in [4.69, 9.17) is 50.0 Å². The molecule has 0 bridgehead atoms. The molecule has 0 aliphatic carbocycles. The fourth-order valence-corrected chi connectivity index (χ4v) is 5.22. The third kappa shape index (κ3) is 10.5. The molecule has 2 aliphatic heterocycles. The zero-order chi connectivity index (χ0) is 40.8. The van der Waals surface area contributed by atoms with Crippen molar-refractivity contribution in [2.45, 2.75) is 12.4 Å². The summed E-state index contributed by atoms with van der Waals surface area (Å²) < 4.78 is 86.4. The largest absolute Gasteiger partial charge is 0.491 e. The van der Waals surface area contributed by atoms with Crippen LogP contribution in [0.25, 0.3) is 0 Å². The number of nitrogens with zero attached hydrogens (tertiary/aromatic N) is 6. The van der Waals surface area contributed by atoms with Crippen molar-refractivity contribution < 1.29 is 45.4 Å². The molecule has 2 amide bonds. The van der Waals surface area contributed by atoms with Crippen molar-refractivity contribution in [3.63, 3.8) is 0 Å². The van der Waals surface area contributed by atoms with E-state index in [9.17, 15) is 35.9 Å². The van der Waals surface area contributed by atoms with Crippen LogP contribution in [0.1, 0.15) is 31.8 Å². The van der Waals surface area contributed by atoms with E-state index < -0.39 is 23.5 Å². The summed E-state index contributed by atoms with van der Waals surface area (Å²) in [5.41, 5.74) is 5.21. The number of hydrogen-bond donors (Lipinski definition) is 4. The molecule has 0 radical (unpaired) electrons. The third-order valence-electron chi connectivity index (χ3n) is 7.57. The minimum Gasteiger partial charge on any atom is -0.491 e. The minimum absolute atomic E-state index is 0.0914. The smallest absolute Gasteiger partial charge is 0.421 e. The van der Waals surface area contributed by atoms with Crippen molar-refractivity contribution in [1.82, 2.24) is 29.7 Å². The highest BCUT2D eigenvalue weighted by Gasteiger charge is 2.36. The molecule has 4 aromatic rings. The van der Waals surface area contributed by atoms with Crippen LogP contribution in [0, 0.1) is 0 Å². The first-order valence-corrected chi connectivity index (χ1v) is 16.7. The van der Waals surface area contributed by atoms with Gasteiger partial charge in [0, 0.05) is 52.7 Å². The molecule has 2 aromatic carbocycles. The van der Waals surface area contributed by atoms with Crippen molar-refractivity contribution >= 4 is 75.6 Å². The van der Waals surface area contributed by atoms with Gasteiger partial charge in [-0.05, 0) is 23.7 Å². The fourth-order valence-electron chi connectivity index (χ4n) is 4.71. The van der Waals surface area contributed by atoms with E-state index in [0.29, 0.717) is 77.7 Å². The summed E-state index contributed by atoms with van der Waals surface area (Å²) in [4.78, 5) is 41.4. The Balaban J connectivity index is 0.000000202. The molecule has 5 N–H and O–H groups in total. The van der Waals surface area contributed by atoms with Crippen molar-refractivity contribution in [1.29, 1.82) is 0 Å². The summed E-state index contributed by atoms with van der Waals surface area (Å²) in [7, 11) is 6.03. The molecular formula is C32H31Cl3F6N10O4. The molecule has 55 heavy (non-hydrogen) atoms. The Morgan fingerprint density at radius 3 is 1.71 bits per heavy atom. The molecular weight excluding hydrogens is 809 g/mol. The summed E-state index contributed by atoms with van der Waals surface area (Å²) in [5.74, 6) is -0.301. The monoisotopic (exact) mass is 838 g/mol. The van der Waals surface area contributed by atoms with E-state index in [2.05, 4.69) is 35.9 Å². The van der Waals surface area contributed by atoms with Crippen LogP contribution in [0.5, 0.6) is 11.5 Å². The number of fused-ring (bicyclic) bond motifs is 2. The topological polar surface area (TPSA) is 173 Å². The number of carbonyl (C=O) groups excluding carboxylic acids is 2. The second-order valence-corrected chi connectivity index (χ2v) is 12.5. The maximum atomic E-state index is 12.9. The predicted molar refractivity (Wildman–Crippen MR) is 194 cm³/mol. The number of halogens is 9. The minimum atomic E-state index is -4.58. The van der Waals surface area contributed by atoms with Crippen LogP contribution in [-0.2, 0) is 12.4 Å². The Morgan fingerprint density at radius 2 is 1.20 bits per heavy atom. The van der Waals surface area contributed by atoms with Crippen molar-refractivity contribution in [2.24, 2.45) is 0 Å². The second kappa shape index (κ2) is 17.5. The average Bonchev–Trinajstić information content (AvgIpc) is 3.34. The van der Waals surface area contributed by atoms with Gasteiger partial charge in [0.25, 0.3) is 11.8 Å². The lowest BCUT2D eigenvalue weighted by molar-refractivity contribution is -0.138. The van der Waals surface area contributed by atoms with Crippen LogP contribution in [0.3, 0.4) is 0 Å². The number of alkyl halides is 6. The van der Waals surface area contributed by atoms with Crippen molar-refractivity contribution in [3.8, 4) is 11.5 Å². The Morgan fingerprint density at radius 1 is 0.727 bits per heavy atom. The maximum absolute atomic E-state index is 12.9. The summed E-state index contributed by atoms with van der Waals surface area (Å²) in [5, 5.41) is 7.76. The number of nitrogen functional groups attached to an aromatic ring is 1. The number of anilines is 5. The molecule has 0 spiro atoms. The molecule has 0 unspecified atom stereocenters. The van der Waals surface area contributed by atoms with Crippen LogP contribution in [-0.4, -0.2) is 96.0 Å². The zero-order valence-electron chi connectivity index (χ0n) is 29.1. The second-order valence-electron chi connectivity index (χ2n) is 11.3. The first kappa shape index (κ1) is 42.5. The number of likely N-dealkylation sites (N-methyl/N-ethyl adjacent to an activating group) is 2. The number of nitrogens with two attached hydrogens (primary N) is 1. The Kier molecular flexibility index (Phi) is 13.5. The van der Waals surface area contributed by atoms with E-state index in [-0.39, 0.29) is 39.7 Å². The molecule has 6 rings (SSSR count). The Labute approximate surface area is 324 Å². The highest BCUT2D eigenvalue weighted by atomic mass is 35.5. The quantitative estimate of drug-likeness (QED) is 0.0946. The fraction of sp³-hybridized carbons (Fsp3) is 0.312. The average molecular weight is 840 g/mol.